The lowest BCUT2D eigenvalue weighted by molar-refractivity contribution is 0.180. The van der Waals surface area contributed by atoms with Crippen LogP contribution in [0.25, 0.3) is 0 Å². The van der Waals surface area contributed by atoms with Gasteiger partial charge >= 0.3 is 0 Å². The van der Waals surface area contributed by atoms with Crippen molar-refractivity contribution in [3.63, 3.8) is 0 Å². The van der Waals surface area contributed by atoms with Crippen LogP contribution in [0.2, 0.25) is 0 Å². The van der Waals surface area contributed by atoms with Crippen molar-refractivity contribution in [3.05, 3.63) is 52.2 Å². The number of guanidine groups is 1. The summed E-state index contributed by atoms with van der Waals surface area (Å²) in [6, 6.07) is 9.60. The van der Waals surface area contributed by atoms with Crippen LogP contribution in [0.5, 0.6) is 5.75 Å². The standard InChI is InChI=1S/C19H27N3O2S.HI/c1-4-20-19(21-11-14(2)16-8-9-25-13-16)22-12-18(23)15-6-5-7-17(10-15)24-3;/h5-10,13-14,18,23H,4,11-12H2,1-3H3,(H2,20,21,22);1H. The molecule has 7 heteroatoms. The molecule has 0 bridgehead atoms. The zero-order valence-electron chi connectivity index (χ0n) is 15.4. The number of halogens is 1. The molecular formula is C19H28IN3O2S. The summed E-state index contributed by atoms with van der Waals surface area (Å²) in [5.74, 6) is 1.82. The largest absolute Gasteiger partial charge is 0.497 e. The first-order valence-electron chi connectivity index (χ1n) is 8.50. The van der Waals surface area contributed by atoms with Crippen LogP contribution in [0.4, 0.5) is 0 Å². The van der Waals surface area contributed by atoms with Crippen molar-refractivity contribution in [2.24, 2.45) is 4.99 Å². The Labute approximate surface area is 176 Å². The molecule has 3 N–H and O–H groups in total. The minimum atomic E-state index is -0.631. The first-order chi connectivity index (χ1) is 12.1. The van der Waals surface area contributed by atoms with Gasteiger partial charge in [-0.05, 0) is 47.0 Å². The van der Waals surface area contributed by atoms with E-state index in [0.717, 1.165) is 17.9 Å². The van der Waals surface area contributed by atoms with Crippen molar-refractivity contribution in [3.8, 4) is 5.75 Å². The van der Waals surface area contributed by atoms with Gasteiger partial charge in [0.1, 0.15) is 5.75 Å². The van der Waals surface area contributed by atoms with Crippen LogP contribution in [0, 0.1) is 0 Å². The Morgan fingerprint density at radius 1 is 1.27 bits per heavy atom. The number of ether oxygens (including phenoxy) is 1. The Kier molecular flexibility index (Phi) is 10.6. The summed E-state index contributed by atoms with van der Waals surface area (Å²) in [5.41, 5.74) is 2.12. The van der Waals surface area contributed by atoms with E-state index in [-0.39, 0.29) is 24.0 Å². The molecule has 1 heterocycles. The second-order valence-electron chi connectivity index (χ2n) is 5.85. The molecule has 1 aromatic carbocycles. The minimum Gasteiger partial charge on any atom is -0.497 e. The average molecular weight is 489 g/mol. The third kappa shape index (κ3) is 7.13. The summed E-state index contributed by atoms with van der Waals surface area (Å²) in [7, 11) is 1.62. The zero-order valence-corrected chi connectivity index (χ0v) is 18.6. The van der Waals surface area contributed by atoms with E-state index in [0.29, 0.717) is 25.0 Å². The average Bonchev–Trinajstić information content (AvgIpc) is 3.18. The molecule has 0 fully saturated rings. The molecule has 2 aromatic rings. The highest BCUT2D eigenvalue weighted by molar-refractivity contribution is 14.0. The molecule has 0 radical (unpaired) electrons. The van der Waals surface area contributed by atoms with Crippen molar-refractivity contribution < 1.29 is 9.84 Å². The van der Waals surface area contributed by atoms with Gasteiger partial charge in [-0.25, -0.2) is 0 Å². The highest BCUT2D eigenvalue weighted by atomic mass is 127. The zero-order chi connectivity index (χ0) is 18.1. The maximum absolute atomic E-state index is 10.4. The van der Waals surface area contributed by atoms with E-state index in [2.05, 4.69) is 39.4 Å². The molecule has 2 atom stereocenters. The van der Waals surface area contributed by atoms with Crippen molar-refractivity contribution in [1.29, 1.82) is 0 Å². The normalized spacial score (nSPS) is 13.5. The van der Waals surface area contributed by atoms with Crippen LogP contribution in [0.3, 0.4) is 0 Å². The number of thiophene rings is 1. The summed E-state index contributed by atoms with van der Waals surface area (Å²) >= 11 is 1.70. The van der Waals surface area contributed by atoms with Crippen LogP contribution in [0.15, 0.2) is 46.1 Å². The second-order valence-corrected chi connectivity index (χ2v) is 6.63. The molecule has 144 valence electrons. The number of rotatable bonds is 8. The summed E-state index contributed by atoms with van der Waals surface area (Å²) in [6.45, 7) is 6.04. The van der Waals surface area contributed by atoms with Crippen molar-refractivity contribution in [2.75, 3.05) is 26.7 Å². The Hall–Kier alpha value is -1.32. The predicted octanol–water partition coefficient (Wildman–Crippen LogP) is 3.77. The monoisotopic (exact) mass is 489 g/mol. The lowest BCUT2D eigenvalue weighted by Crippen LogP contribution is -2.39. The fourth-order valence-corrected chi connectivity index (χ4v) is 3.17. The molecule has 0 aliphatic rings. The summed E-state index contributed by atoms with van der Waals surface area (Å²) < 4.78 is 5.20. The number of methoxy groups -OCH3 is 1. The van der Waals surface area contributed by atoms with Gasteiger partial charge in [0.25, 0.3) is 0 Å². The first-order valence-corrected chi connectivity index (χ1v) is 9.44. The van der Waals surface area contributed by atoms with Gasteiger partial charge < -0.3 is 20.5 Å². The van der Waals surface area contributed by atoms with Crippen LogP contribution in [0.1, 0.15) is 37.0 Å². The van der Waals surface area contributed by atoms with E-state index in [1.54, 1.807) is 18.4 Å². The summed E-state index contributed by atoms with van der Waals surface area (Å²) in [4.78, 5) is 4.63. The molecule has 26 heavy (non-hydrogen) atoms. The smallest absolute Gasteiger partial charge is 0.191 e. The number of benzene rings is 1. The molecule has 2 unspecified atom stereocenters. The molecule has 0 amide bonds. The molecule has 2 rings (SSSR count). The van der Waals surface area contributed by atoms with E-state index in [1.807, 2.05) is 31.2 Å². The fourth-order valence-electron chi connectivity index (χ4n) is 2.39. The molecule has 0 saturated heterocycles. The van der Waals surface area contributed by atoms with Crippen LogP contribution in [-0.4, -0.2) is 37.8 Å². The Morgan fingerprint density at radius 2 is 2.08 bits per heavy atom. The van der Waals surface area contributed by atoms with Crippen LogP contribution >= 0.6 is 35.3 Å². The number of aliphatic imine (C=N–C) groups is 1. The van der Waals surface area contributed by atoms with Crippen molar-refractivity contribution >= 4 is 41.3 Å². The van der Waals surface area contributed by atoms with E-state index in [9.17, 15) is 5.11 Å². The summed E-state index contributed by atoms with van der Waals surface area (Å²) in [5, 5.41) is 21.1. The van der Waals surface area contributed by atoms with E-state index < -0.39 is 6.10 Å². The topological polar surface area (TPSA) is 65.9 Å². The highest BCUT2D eigenvalue weighted by Crippen LogP contribution is 2.19. The second kappa shape index (κ2) is 12.1. The molecule has 5 nitrogen and oxygen atoms in total. The Bertz CT molecular complexity index is 665. The van der Waals surface area contributed by atoms with Gasteiger partial charge in [0.05, 0.1) is 13.2 Å². The molecule has 0 saturated carbocycles. The number of nitrogens with zero attached hydrogens (tertiary/aromatic N) is 1. The first kappa shape index (κ1) is 22.7. The van der Waals surface area contributed by atoms with Crippen molar-refractivity contribution in [1.82, 2.24) is 10.6 Å². The van der Waals surface area contributed by atoms with Gasteiger partial charge in [0.2, 0.25) is 0 Å². The van der Waals surface area contributed by atoms with Crippen LogP contribution < -0.4 is 15.4 Å². The predicted molar refractivity (Wildman–Crippen MR) is 120 cm³/mol. The lowest BCUT2D eigenvalue weighted by atomic mass is 10.1. The highest BCUT2D eigenvalue weighted by Gasteiger charge is 2.10. The lowest BCUT2D eigenvalue weighted by Gasteiger charge is -2.17. The maximum atomic E-state index is 10.4. The number of aliphatic hydroxyl groups excluding tert-OH is 1. The number of hydrogen-bond donors (Lipinski definition) is 3. The van der Waals surface area contributed by atoms with Crippen molar-refractivity contribution in [2.45, 2.75) is 25.9 Å². The van der Waals surface area contributed by atoms with E-state index >= 15 is 0 Å². The molecular weight excluding hydrogens is 461 g/mol. The third-order valence-electron chi connectivity index (χ3n) is 3.92. The molecule has 0 aliphatic carbocycles. The SMILES string of the molecule is CCNC(=NCC(C)c1ccsc1)NCC(O)c1cccc(OC)c1.I. The Morgan fingerprint density at radius 3 is 2.73 bits per heavy atom. The van der Waals surface area contributed by atoms with Gasteiger partial charge in [0, 0.05) is 25.6 Å². The minimum absolute atomic E-state index is 0. The maximum Gasteiger partial charge on any atom is 0.191 e. The van der Waals surface area contributed by atoms with E-state index in [1.165, 1.54) is 5.56 Å². The third-order valence-corrected chi connectivity index (χ3v) is 4.62. The number of nitrogens with one attached hydrogen (secondary N) is 2. The molecule has 0 spiro atoms. The number of aliphatic hydroxyl groups is 1. The summed E-state index contributed by atoms with van der Waals surface area (Å²) in [6.07, 6.45) is -0.631. The quantitative estimate of drug-likeness (QED) is 0.300. The molecule has 1 aromatic heterocycles. The van der Waals surface area contributed by atoms with Gasteiger partial charge in [-0.15, -0.1) is 24.0 Å². The van der Waals surface area contributed by atoms with Gasteiger partial charge in [0.15, 0.2) is 5.96 Å². The Balaban J connectivity index is 0.00000338. The fraction of sp³-hybridized carbons (Fsp3) is 0.421. The van der Waals surface area contributed by atoms with E-state index in [4.69, 9.17) is 4.74 Å². The molecule has 0 aliphatic heterocycles. The van der Waals surface area contributed by atoms with Gasteiger partial charge in [-0.3, -0.25) is 4.99 Å². The number of hydrogen-bond acceptors (Lipinski definition) is 4. The van der Waals surface area contributed by atoms with Gasteiger partial charge in [-0.2, -0.15) is 11.3 Å². The van der Waals surface area contributed by atoms with Gasteiger partial charge in [-0.1, -0.05) is 19.1 Å². The van der Waals surface area contributed by atoms with Crippen LogP contribution in [-0.2, 0) is 0 Å².